The first-order valence-electron chi connectivity index (χ1n) is 6.44. The van der Waals surface area contributed by atoms with Gasteiger partial charge in [0.25, 0.3) is 0 Å². The number of anilines is 1. The Kier molecular flexibility index (Phi) is 5.45. The molecule has 1 saturated heterocycles. The number of halogens is 3. The Labute approximate surface area is 124 Å². The first kappa shape index (κ1) is 15.3. The summed E-state index contributed by atoms with van der Waals surface area (Å²) in [6.07, 6.45) is 0.967. The van der Waals surface area contributed by atoms with Crippen molar-refractivity contribution in [2.45, 2.75) is 6.42 Å². The van der Waals surface area contributed by atoms with Crippen LogP contribution in [0.3, 0.4) is 0 Å². The summed E-state index contributed by atoms with van der Waals surface area (Å²) in [6, 6.07) is 1.97. The molecule has 2 N–H and O–H groups in total. The first-order valence-corrected chi connectivity index (χ1v) is 7.23. The molecule has 0 aromatic heterocycles. The third-order valence-electron chi connectivity index (χ3n) is 3.08. The molecule has 0 aliphatic carbocycles. The molecule has 0 radical (unpaired) electrons. The van der Waals surface area contributed by atoms with E-state index in [4.69, 9.17) is 0 Å². The van der Waals surface area contributed by atoms with E-state index in [0.29, 0.717) is 0 Å². The molecule has 110 valence electrons. The normalized spacial score (nSPS) is 16.8. The number of amides is 1. The predicted octanol–water partition coefficient (Wildman–Crippen LogP) is 1.96. The number of benzene rings is 1. The molecule has 4 nitrogen and oxygen atoms in total. The summed E-state index contributed by atoms with van der Waals surface area (Å²) in [5.41, 5.74) is -0.136. The van der Waals surface area contributed by atoms with Crippen LogP contribution in [0.1, 0.15) is 6.42 Å². The van der Waals surface area contributed by atoms with Gasteiger partial charge in [0.05, 0.1) is 16.7 Å². The fourth-order valence-corrected chi connectivity index (χ4v) is 2.39. The molecule has 20 heavy (non-hydrogen) atoms. The van der Waals surface area contributed by atoms with Gasteiger partial charge in [-0.25, -0.2) is 8.78 Å². The summed E-state index contributed by atoms with van der Waals surface area (Å²) in [5, 5.41) is 5.64. The second-order valence-corrected chi connectivity index (χ2v) is 5.53. The highest BCUT2D eigenvalue weighted by molar-refractivity contribution is 9.10. The van der Waals surface area contributed by atoms with E-state index >= 15 is 0 Å². The van der Waals surface area contributed by atoms with E-state index in [2.05, 4.69) is 26.6 Å². The number of carbonyl (C=O) groups excluding carboxylic acids is 1. The average molecular weight is 348 g/mol. The molecule has 1 aromatic rings. The van der Waals surface area contributed by atoms with Gasteiger partial charge in [-0.1, -0.05) is 0 Å². The summed E-state index contributed by atoms with van der Waals surface area (Å²) >= 11 is 2.89. The lowest BCUT2D eigenvalue weighted by atomic mass is 10.3. The highest BCUT2D eigenvalue weighted by Gasteiger charge is 2.15. The van der Waals surface area contributed by atoms with Crippen molar-refractivity contribution in [3.8, 4) is 0 Å². The molecule has 0 bridgehead atoms. The minimum absolute atomic E-state index is 0.0339. The molecule has 0 unspecified atom stereocenters. The number of nitrogens with one attached hydrogen (secondary N) is 2. The Morgan fingerprint density at radius 2 is 2.10 bits per heavy atom. The van der Waals surface area contributed by atoms with Crippen LogP contribution in [0.2, 0.25) is 0 Å². The van der Waals surface area contributed by atoms with E-state index < -0.39 is 11.6 Å². The Morgan fingerprint density at radius 1 is 1.30 bits per heavy atom. The van der Waals surface area contributed by atoms with Gasteiger partial charge in [-0.2, -0.15) is 0 Å². The Morgan fingerprint density at radius 3 is 2.90 bits per heavy atom. The maximum absolute atomic E-state index is 13.6. The molecular formula is C13H16BrF2N3O. The molecule has 1 aliphatic rings. The van der Waals surface area contributed by atoms with Crippen LogP contribution in [0.4, 0.5) is 14.5 Å². The van der Waals surface area contributed by atoms with Gasteiger partial charge in [0, 0.05) is 19.2 Å². The summed E-state index contributed by atoms with van der Waals surface area (Å²) in [7, 11) is 0. The van der Waals surface area contributed by atoms with Crippen LogP contribution in [0.25, 0.3) is 0 Å². The van der Waals surface area contributed by atoms with Gasteiger partial charge in [0.1, 0.15) is 11.6 Å². The monoisotopic (exact) mass is 347 g/mol. The van der Waals surface area contributed by atoms with Gasteiger partial charge in [-0.15, -0.1) is 0 Å². The van der Waals surface area contributed by atoms with Crippen molar-refractivity contribution in [1.82, 2.24) is 10.2 Å². The van der Waals surface area contributed by atoms with Crippen LogP contribution < -0.4 is 10.6 Å². The van der Waals surface area contributed by atoms with Crippen LogP contribution in [0.5, 0.6) is 0 Å². The Bertz CT molecular complexity index is 491. The van der Waals surface area contributed by atoms with Crippen molar-refractivity contribution in [2.24, 2.45) is 0 Å². The topological polar surface area (TPSA) is 44.4 Å². The van der Waals surface area contributed by atoms with E-state index in [-0.39, 0.29) is 22.6 Å². The molecule has 0 saturated carbocycles. The van der Waals surface area contributed by atoms with Crippen LogP contribution in [0.15, 0.2) is 16.6 Å². The third kappa shape index (κ3) is 4.22. The van der Waals surface area contributed by atoms with Crippen molar-refractivity contribution in [3.63, 3.8) is 0 Å². The fourth-order valence-electron chi connectivity index (χ4n) is 2.07. The van der Waals surface area contributed by atoms with Crippen molar-refractivity contribution in [2.75, 3.05) is 38.0 Å². The largest absolute Gasteiger partial charge is 0.322 e. The molecule has 0 spiro atoms. The SMILES string of the molecule is O=C(CN1CCCNCC1)Nc1cc(F)c(Br)cc1F. The van der Waals surface area contributed by atoms with E-state index in [1.807, 2.05) is 4.90 Å². The second-order valence-electron chi connectivity index (χ2n) is 4.67. The lowest BCUT2D eigenvalue weighted by molar-refractivity contribution is -0.117. The van der Waals surface area contributed by atoms with Crippen LogP contribution in [-0.4, -0.2) is 43.5 Å². The minimum atomic E-state index is -0.663. The van der Waals surface area contributed by atoms with Crippen LogP contribution >= 0.6 is 15.9 Å². The lowest BCUT2D eigenvalue weighted by Gasteiger charge is -2.18. The molecular weight excluding hydrogens is 332 g/mol. The summed E-state index contributed by atoms with van der Waals surface area (Å²) in [4.78, 5) is 13.9. The minimum Gasteiger partial charge on any atom is -0.322 e. The number of hydrogen-bond donors (Lipinski definition) is 2. The van der Waals surface area contributed by atoms with Gasteiger partial charge in [0.15, 0.2) is 0 Å². The molecule has 1 fully saturated rings. The molecule has 0 atom stereocenters. The van der Waals surface area contributed by atoms with E-state index in [9.17, 15) is 13.6 Å². The van der Waals surface area contributed by atoms with Gasteiger partial charge in [-0.3, -0.25) is 9.69 Å². The van der Waals surface area contributed by atoms with Crippen LogP contribution in [0, 0.1) is 11.6 Å². The quantitative estimate of drug-likeness (QED) is 0.821. The van der Waals surface area contributed by atoms with Crippen molar-refractivity contribution in [3.05, 3.63) is 28.2 Å². The number of rotatable bonds is 3. The number of nitrogens with zero attached hydrogens (tertiary/aromatic N) is 1. The van der Waals surface area contributed by atoms with Gasteiger partial charge >= 0.3 is 0 Å². The number of hydrogen-bond acceptors (Lipinski definition) is 3. The summed E-state index contributed by atoms with van der Waals surface area (Å²) < 4.78 is 27.0. The maximum Gasteiger partial charge on any atom is 0.238 e. The lowest BCUT2D eigenvalue weighted by Crippen LogP contribution is -2.35. The predicted molar refractivity (Wildman–Crippen MR) is 76.6 cm³/mol. The molecule has 2 rings (SSSR count). The summed E-state index contributed by atoms with van der Waals surface area (Å²) in [5.74, 6) is -1.61. The third-order valence-corrected chi connectivity index (χ3v) is 3.69. The van der Waals surface area contributed by atoms with Crippen LogP contribution in [-0.2, 0) is 4.79 Å². The molecule has 1 heterocycles. The zero-order chi connectivity index (χ0) is 14.5. The van der Waals surface area contributed by atoms with Gasteiger partial charge < -0.3 is 10.6 Å². The standard InChI is InChI=1S/C13H16BrF2N3O/c14-9-6-11(16)12(7-10(9)15)18-13(20)8-19-4-1-2-17-3-5-19/h6-7,17H,1-5,8H2,(H,18,20). The Hall–Kier alpha value is -1.05. The van der Waals surface area contributed by atoms with E-state index in [1.54, 1.807) is 0 Å². The molecule has 1 aliphatic heterocycles. The maximum atomic E-state index is 13.6. The highest BCUT2D eigenvalue weighted by Crippen LogP contribution is 2.23. The first-order chi connectivity index (χ1) is 9.56. The zero-order valence-corrected chi connectivity index (χ0v) is 12.5. The second kappa shape index (κ2) is 7.10. The molecule has 1 aromatic carbocycles. The van der Waals surface area contributed by atoms with Crippen molar-refractivity contribution < 1.29 is 13.6 Å². The highest BCUT2D eigenvalue weighted by atomic mass is 79.9. The van der Waals surface area contributed by atoms with Crippen molar-refractivity contribution >= 4 is 27.5 Å². The summed E-state index contributed by atoms with van der Waals surface area (Å²) in [6.45, 7) is 3.53. The average Bonchev–Trinajstić information content (AvgIpc) is 2.64. The van der Waals surface area contributed by atoms with Crippen molar-refractivity contribution in [1.29, 1.82) is 0 Å². The molecule has 7 heteroatoms. The smallest absolute Gasteiger partial charge is 0.238 e. The zero-order valence-electron chi connectivity index (χ0n) is 10.9. The number of carbonyl (C=O) groups is 1. The van der Waals surface area contributed by atoms with E-state index in [1.165, 1.54) is 0 Å². The van der Waals surface area contributed by atoms with Gasteiger partial charge in [0.2, 0.25) is 5.91 Å². The molecule has 1 amide bonds. The van der Waals surface area contributed by atoms with E-state index in [0.717, 1.165) is 44.7 Å². The van der Waals surface area contributed by atoms with Gasteiger partial charge in [-0.05, 0) is 41.5 Å². The fraction of sp³-hybridized carbons (Fsp3) is 0.462. The Balaban J connectivity index is 1.95.